The van der Waals surface area contributed by atoms with E-state index in [1.54, 1.807) is 0 Å². The fourth-order valence-corrected chi connectivity index (χ4v) is 4.47. The van der Waals surface area contributed by atoms with Gasteiger partial charge in [0, 0.05) is 18.2 Å². The van der Waals surface area contributed by atoms with Gasteiger partial charge in [0.25, 0.3) is 11.8 Å². The Kier molecular flexibility index (Phi) is 6.62. The van der Waals surface area contributed by atoms with E-state index in [-0.39, 0.29) is 44.8 Å². The number of carbonyl (C=O) groups is 4. The van der Waals surface area contributed by atoms with E-state index in [9.17, 15) is 24.3 Å². The highest BCUT2D eigenvalue weighted by Crippen LogP contribution is 2.38. The monoisotopic (exact) mass is 548 g/mol. The van der Waals surface area contributed by atoms with Crippen LogP contribution in [0.5, 0.6) is 23.0 Å². The summed E-state index contributed by atoms with van der Waals surface area (Å²) in [4.78, 5) is 52.3. The van der Waals surface area contributed by atoms with Gasteiger partial charge in [0.15, 0.2) is 28.0 Å². The predicted molar refractivity (Wildman–Crippen MR) is 138 cm³/mol. The number of aldehydes is 1. The third kappa shape index (κ3) is 4.50. The van der Waals surface area contributed by atoms with Crippen LogP contribution < -0.4 is 9.47 Å². The number of benzene rings is 2. The minimum Gasteiger partial charge on any atom is -0.504 e. The van der Waals surface area contributed by atoms with E-state index in [0.29, 0.717) is 11.9 Å². The molecule has 3 aliphatic heterocycles. The smallest absolute Gasteiger partial charge is 0.338 e. The Hall–Kier alpha value is -4.97. The Labute approximate surface area is 227 Å². The molecule has 0 spiro atoms. The number of carbonyl (C=O) groups excluding carboxylic acids is 4. The summed E-state index contributed by atoms with van der Waals surface area (Å²) >= 11 is 5.15. The molecule has 11 nitrogen and oxygen atoms in total. The minimum absolute atomic E-state index is 0.0270. The molecule has 3 aliphatic rings. The number of rotatable bonds is 6. The summed E-state index contributed by atoms with van der Waals surface area (Å²) in [5, 5.41) is 10.2. The van der Waals surface area contributed by atoms with Crippen LogP contribution in [-0.4, -0.2) is 70.3 Å². The molecule has 1 saturated heterocycles. The number of likely N-dealkylation sites (N-methyl/N-ethyl adjacent to an activating group) is 1. The molecule has 0 saturated carbocycles. The number of ether oxygens (including phenoxy) is 4. The van der Waals surface area contributed by atoms with E-state index in [0.717, 1.165) is 4.90 Å². The van der Waals surface area contributed by atoms with Gasteiger partial charge < -0.3 is 24.1 Å². The molecular weight excluding hydrogens is 528 g/mol. The predicted octanol–water partition coefficient (Wildman–Crippen LogP) is 2.85. The summed E-state index contributed by atoms with van der Waals surface area (Å²) in [6, 6.07) is 7.43. The maximum Gasteiger partial charge on any atom is 0.338 e. The van der Waals surface area contributed by atoms with Gasteiger partial charge in [0.05, 0.1) is 25.2 Å². The number of thiocarbonyl (C=S) groups is 1. The van der Waals surface area contributed by atoms with Gasteiger partial charge in [0.2, 0.25) is 0 Å². The van der Waals surface area contributed by atoms with Crippen LogP contribution in [0.1, 0.15) is 20.7 Å². The second kappa shape index (κ2) is 10.1. The van der Waals surface area contributed by atoms with Crippen molar-refractivity contribution >= 4 is 41.3 Å². The lowest BCUT2D eigenvalue weighted by Gasteiger charge is -2.36. The van der Waals surface area contributed by atoms with Crippen molar-refractivity contribution < 1.29 is 43.2 Å². The van der Waals surface area contributed by atoms with Crippen molar-refractivity contribution in [1.82, 2.24) is 9.80 Å². The topological polar surface area (TPSA) is 132 Å². The molecule has 2 aromatic carbocycles. The fraction of sp³-hybridized carbons (Fsp3) is 0.148. The number of fused-ring (bicyclic) bond motifs is 3. The molecule has 5 rings (SSSR count). The molecule has 2 unspecified atom stereocenters. The molecule has 12 heteroatoms. The van der Waals surface area contributed by atoms with Gasteiger partial charge in [-0.1, -0.05) is 12.2 Å². The number of amides is 2. The van der Waals surface area contributed by atoms with Crippen molar-refractivity contribution in [2.45, 2.75) is 12.1 Å². The first-order valence-corrected chi connectivity index (χ1v) is 11.9. The molecule has 0 radical (unpaired) electrons. The molecule has 2 aromatic rings. The largest absolute Gasteiger partial charge is 0.504 e. The number of esters is 1. The van der Waals surface area contributed by atoms with Gasteiger partial charge in [-0.25, -0.2) is 4.79 Å². The van der Waals surface area contributed by atoms with Gasteiger partial charge in [-0.2, -0.15) is 0 Å². The van der Waals surface area contributed by atoms with Gasteiger partial charge >= 0.3 is 5.97 Å². The van der Waals surface area contributed by atoms with E-state index < -0.39 is 29.9 Å². The Morgan fingerprint density at radius 1 is 1.10 bits per heavy atom. The lowest BCUT2D eigenvalue weighted by atomic mass is 10.0. The summed E-state index contributed by atoms with van der Waals surface area (Å²) in [5.41, 5.74) is 0.856. The summed E-state index contributed by atoms with van der Waals surface area (Å²) in [5.74, 6) is -1.78. The molecule has 0 aromatic heterocycles. The second-order valence-corrected chi connectivity index (χ2v) is 8.97. The van der Waals surface area contributed by atoms with Crippen LogP contribution in [0.4, 0.5) is 0 Å². The van der Waals surface area contributed by atoms with Crippen LogP contribution in [0.15, 0.2) is 72.3 Å². The summed E-state index contributed by atoms with van der Waals surface area (Å²) in [6.45, 7) is 0. The SMILES string of the molecule is COc1ccc(C(=O)OC2C=COC=C3C=C4C(=O)N(C)C(=S)C(=O)N4C32)cc1Oc1cc(C=O)ccc1O. The fourth-order valence-electron chi connectivity index (χ4n) is 4.29. The molecule has 198 valence electrons. The number of aromatic hydroxyl groups is 1. The molecule has 1 N–H and O–H groups in total. The van der Waals surface area contributed by atoms with Crippen LogP contribution in [0, 0.1) is 0 Å². The summed E-state index contributed by atoms with van der Waals surface area (Å²) in [7, 11) is 2.81. The summed E-state index contributed by atoms with van der Waals surface area (Å²) in [6.07, 6.45) is 5.18. The first-order valence-electron chi connectivity index (χ1n) is 11.5. The van der Waals surface area contributed by atoms with E-state index in [4.69, 9.17) is 31.2 Å². The van der Waals surface area contributed by atoms with E-state index in [1.807, 2.05) is 0 Å². The highest BCUT2D eigenvalue weighted by molar-refractivity contribution is 7.82. The van der Waals surface area contributed by atoms with Crippen molar-refractivity contribution in [3.63, 3.8) is 0 Å². The average Bonchev–Trinajstić information content (AvgIpc) is 3.22. The molecule has 3 heterocycles. The van der Waals surface area contributed by atoms with E-state index in [1.165, 1.54) is 80.1 Å². The van der Waals surface area contributed by atoms with Crippen molar-refractivity contribution in [2.24, 2.45) is 0 Å². The number of hydrogen-bond acceptors (Lipinski definition) is 10. The Morgan fingerprint density at radius 3 is 2.64 bits per heavy atom. The maximum absolute atomic E-state index is 13.3. The maximum atomic E-state index is 13.3. The molecule has 2 atom stereocenters. The number of phenolic OH excluding ortho intramolecular Hbond substituents is 1. The zero-order chi connectivity index (χ0) is 27.8. The number of methoxy groups -OCH3 is 1. The number of piperazine rings is 1. The Balaban J connectivity index is 1.43. The lowest BCUT2D eigenvalue weighted by molar-refractivity contribution is -0.135. The zero-order valence-corrected chi connectivity index (χ0v) is 21.3. The number of phenols is 1. The number of hydrogen-bond donors (Lipinski definition) is 1. The van der Waals surface area contributed by atoms with Crippen LogP contribution >= 0.6 is 12.2 Å². The minimum atomic E-state index is -1.04. The highest BCUT2D eigenvalue weighted by Gasteiger charge is 2.49. The van der Waals surface area contributed by atoms with E-state index in [2.05, 4.69) is 0 Å². The zero-order valence-electron chi connectivity index (χ0n) is 20.5. The van der Waals surface area contributed by atoms with Crippen molar-refractivity contribution in [2.75, 3.05) is 14.2 Å². The molecular formula is C27H20N2O9S. The molecule has 1 fully saturated rings. The van der Waals surface area contributed by atoms with Crippen molar-refractivity contribution in [3.8, 4) is 23.0 Å². The average molecular weight is 549 g/mol. The highest BCUT2D eigenvalue weighted by atomic mass is 32.1. The third-order valence-corrected chi connectivity index (χ3v) is 6.71. The first-order chi connectivity index (χ1) is 18.7. The van der Waals surface area contributed by atoms with Gasteiger partial charge in [-0.3, -0.25) is 24.2 Å². The first kappa shape index (κ1) is 25.7. The standard InChI is InChI=1S/C27H20N2O9S/c1-28-24(32)17-10-16-13-36-8-7-20(23(16)29(17)25(33)26(28)39)38-27(34)15-4-6-19(35-2)22(11-15)37-21-9-14(12-30)3-5-18(21)31/h3-13,20,23,31H,1-2H3. The van der Waals surface area contributed by atoms with Gasteiger partial charge in [-0.15, -0.1) is 0 Å². The van der Waals surface area contributed by atoms with Crippen LogP contribution in [0.25, 0.3) is 0 Å². The van der Waals surface area contributed by atoms with Crippen LogP contribution in [-0.2, 0) is 19.1 Å². The quantitative estimate of drug-likeness (QED) is 0.327. The summed E-state index contributed by atoms with van der Waals surface area (Å²) < 4.78 is 22.2. The lowest BCUT2D eigenvalue weighted by Crippen LogP contribution is -2.57. The van der Waals surface area contributed by atoms with Gasteiger partial charge in [-0.05, 0) is 48.6 Å². The van der Waals surface area contributed by atoms with Gasteiger partial charge in [0.1, 0.15) is 24.1 Å². The normalized spacial score (nSPS) is 19.8. The second-order valence-electron chi connectivity index (χ2n) is 8.58. The van der Waals surface area contributed by atoms with Crippen molar-refractivity contribution in [3.05, 3.63) is 83.5 Å². The molecule has 39 heavy (non-hydrogen) atoms. The van der Waals surface area contributed by atoms with Crippen LogP contribution in [0.2, 0.25) is 0 Å². The molecule has 0 bridgehead atoms. The third-order valence-electron chi connectivity index (χ3n) is 6.26. The Morgan fingerprint density at radius 2 is 1.90 bits per heavy atom. The van der Waals surface area contributed by atoms with E-state index >= 15 is 0 Å². The Bertz CT molecular complexity index is 1530. The van der Waals surface area contributed by atoms with Crippen LogP contribution in [0.3, 0.4) is 0 Å². The molecule has 0 aliphatic carbocycles. The molecule has 2 amide bonds. The number of nitrogens with zero attached hydrogens (tertiary/aromatic N) is 2. The van der Waals surface area contributed by atoms with Crippen molar-refractivity contribution in [1.29, 1.82) is 0 Å².